The van der Waals surface area contributed by atoms with Crippen LogP contribution in [-0.4, -0.2) is 29.8 Å². The summed E-state index contributed by atoms with van der Waals surface area (Å²) in [5, 5.41) is 0. The fourth-order valence-electron chi connectivity index (χ4n) is 4.32. The van der Waals surface area contributed by atoms with Gasteiger partial charge in [0.15, 0.2) is 0 Å². The van der Waals surface area contributed by atoms with Crippen LogP contribution in [0.4, 0.5) is 0 Å². The lowest BCUT2D eigenvalue weighted by Gasteiger charge is -2.40. The first-order chi connectivity index (χ1) is 8.34. The van der Waals surface area contributed by atoms with E-state index < -0.39 is 0 Å². The molecular formula is C15H25NO. The zero-order valence-corrected chi connectivity index (χ0v) is 10.9. The third kappa shape index (κ3) is 2.42. The van der Waals surface area contributed by atoms with Gasteiger partial charge < -0.3 is 0 Å². The Morgan fingerprint density at radius 2 is 1.88 bits per heavy atom. The van der Waals surface area contributed by atoms with E-state index in [2.05, 4.69) is 4.90 Å². The van der Waals surface area contributed by atoms with Gasteiger partial charge in [-0.3, -0.25) is 9.69 Å². The molecule has 3 fully saturated rings. The van der Waals surface area contributed by atoms with Crippen LogP contribution in [0.5, 0.6) is 0 Å². The average Bonchev–Trinajstić information content (AvgIpc) is 2.81. The van der Waals surface area contributed by atoms with Crippen molar-refractivity contribution in [2.24, 2.45) is 11.8 Å². The Bertz CT molecular complexity index is 289. The largest absolute Gasteiger partial charge is 0.299 e. The number of carbonyl (C=O) groups excluding carboxylic acids is 1. The molecule has 0 radical (unpaired) electrons. The van der Waals surface area contributed by atoms with E-state index in [1.807, 2.05) is 0 Å². The molecule has 3 aliphatic rings. The Labute approximate surface area is 105 Å². The number of Topliss-reactive ketones (excluding diaryl/α,β-unsaturated/α-hetero) is 1. The maximum Gasteiger partial charge on any atom is 0.137 e. The normalized spacial score (nSPS) is 39.3. The predicted octanol–water partition coefficient (Wildman–Crippen LogP) is 3.01. The Morgan fingerprint density at radius 1 is 1.00 bits per heavy atom. The Hall–Kier alpha value is -0.370. The van der Waals surface area contributed by atoms with Crippen molar-refractivity contribution in [3.63, 3.8) is 0 Å². The van der Waals surface area contributed by atoms with Gasteiger partial charge in [0.05, 0.1) is 0 Å². The molecule has 2 saturated carbocycles. The minimum Gasteiger partial charge on any atom is -0.299 e. The molecule has 0 aromatic rings. The summed E-state index contributed by atoms with van der Waals surface area (Å²) >= 11 is 0. The SMILES string of the molecule is O=C1CCCCC1CN1CCCC2CCCC21. The van der Waals surface area contributed by atoms with Crippen molar-refractivity contribution >= 4 is 5.78 Å². The minimum atomic E-state index is 0.378. The lowest BCUT2D eigenvalue weighted by atomic mass is 9.85. The topological polar surface area (TPSA) is 20.3 Å². The first-order valence-corrected chi connectivity index (χ1v) is 7.61. The van der Waals surface area contributed by atoms with Crippen molar-refractivity contribution in [2.45, 2.75) is 63.8 Å². The zero-order chi connectivity index (χ0) is 11.7. The summed E-state index contributed by atoms with van der Waals surface area (Å²) < 4.78 is 0. The van der Waals surface area contributed by atoms with E-state index in [0.29, 0.717) is 11.7 Å². The highest BCUT2D eigenvalue weighted by molar-refractivity contribution is 5.81. The summed E-state index contributed by atoms with van der Waals surface area (Å²) in [7, 11) is 0. The maximum atomic E-state index is 11.9. The molecule has 3 rings (SSSR count). The lowest BCUT2D eigenvalue weighted by Crippen LogP contribution is -2.46. The third-order valence-corrected chi connectivity index (χ3v) is 5.24. The molecule has 0 amide bonds. The second kappa shape index (κ2) is 5.09. The number of fused-ring (bicyclic) bond motifs is 1. The second-order valence-electron chi connectivity index (χ2n) is 6.30. The number of likely N-dealkylation sites (tertiary alicyclic amines) is 1. The van der Waals surface area contributed by atoms with Crippen molar-refractivity contribution in [3.05, 3.63) is 0 Å². The Balaban J connectivity index is 1.61. The fraction of sp³-hybridized carbons (Fsp3) is 0.933. The molecule has 2 nitrogen and oxygen atoms in total. The molecule has 0 N–H and O–H groups in total. The van der Waals surface area contributed by atoms with Crippen LogP contribution in [0.2, 0.25) is 0 Å². The summed E-state index contributed by atoms with van der Waals surface area (Å²) in [6.45, 7) is 2.34. The molecule has 3 atom stereocenters. The van der Waals surface area contributed by atoms with Gasteiger partial charge in [-0.05, 0) is 51.0 Å². The summed E-state index contributed by atoms with van der Waals surface area (Å²) in [6.07, 6.45) is 11.5. The molecule has 17 heavy (non-hydrogen) atoms. The molecule has 0 bridgehead atoms. The van der Waals surface area contributed by atoms with Gasteiger partial charge in [-0.1, -0.05) is 12.8 Å². The standard InChI is InChI=1S/C15H25NO/c17-15-9-2-1-5-13(15)11-16-10-4-7-12-6-3-8-14(12)16/h12-14H,1-11H2. The zero-order valence-electron chi connectivity index (χ0n) is 10.9. The van der Waals surface area contributed by atoms with E-state index in [9.17, 15) is 4.79 Å². The van der Waals surface area contributed by atoms with Crippen molar-refractivity contribution < 1.29 is 4.79 Å². The van der Waals surface area contributed by atoms with Crippen LogP contribution in [0, 0.1) is 11.8 Å². The first kappa shape index (κ1) is 11.7. The molecule has 2 aliphatic carbocycles. The quantitative estimate of drug-likeness (QED) is 0.733. The summed E-state index contributed by atoms with van der Waals surface area (Å²) in [5.74, 6) is 1.89. The van der Waals surface area contributed by atoms with Gasteiger partial charge in [0.25, 0.3) is 0 Å². The molecule has 0 aromatic heterocycles. The number of hydrogen-bond acceptors (Lipinski definition) is 2. The van der Waals surface area contributed by atoms with Crippen LogP contribution in [0.3, 0.4) is 0 Å². The van der Waals surface area contributed by atoms with Crippen LogP contribution in [0.1, 0.15) is 57.8 Å². The molecule has 2 heteroatoms. The van der Waals surface area contributed by atoms with Crippen LogP contribution in [0.15, 0.2) is 0 Å². The highest BCUT2D eigenvalue weighted by atomic mass is 16.1. The fourth-order valence-corrected chi connectivity index (χ4v) is 4.32. The third-order valence-electron chi connectivity index (χ3n) is 5.24. The number of carbonyl (C=O) groups is 1. The van der Waals surface area contributed by atoms with Gasteiger partial charge in [0.1, 0.15) is 5.78 Å². The van der Waals surface area contributed by atoms with Crippen LogP contribution >= 0.6 is 0 Å². The number of hydrogen-bond donors (Lipinski definition) is 0. The minimum absolute atomic E-state index is 0.378. The van der Waals surface area contributed by atoms with Crippen molar-refractivity contribution in [1.29, 1.82) is 0 Å². The number of rotatable bonds is 2. The predicted molar refractivity (Wildman–Crippen MR) is 68.9 cm³/mol. The molecule has 96 valence electrons. The number of piperidine rings is 1. The molecule has 0 aromatic carbocycles. The van der Waals surface area contributed by atoms with Gasteiger partial charge in [-0.15, -0.1) is 0 Å². The Morgan fingerprint density at radius 3 is 2.76 bits per heavy atom. The van der Waals surface area contributed by atoms with E-state index in [1.54, 1.807) is 0 Å². The van der Waals surface area contributed by atoms with E-state index >= 15 is 0 Å². The van der Waals surface area contributed by atoms with Crippen molar-refractivity contribution in [2.75, 3.05) is 13.1 Å². The van der Waals surface area contributed by atoms with E-state index in [0.717, 1.165) is 37.8 Å². The highest BCUT2D eigenvalue weighted by Crippen LogP contribution is 2.37. The monoisotopic (exact) mass is 235 g/mol. The molecule has 1 aliphatic heterocycles. The van der Waals surface area contributed by atoms with Crippen molar-refractivity contribution in [1.82, 2.24) is 4.90 Å². The second-order valence-corrected chi connectivity index (χ2v) is 6.30. The van der Waals surface area contributed by atoms with Crippen LogP contribution < -0.4 is 0 Å². The number of ketones is 1. The molecule has 1 heterocycles. The van der Waals surface area contributed by atoms with Crippen molar-refractivity contribution in [3.8, 4) is 0 Å². The smallest absolute Gasteiger partial charge is 0.137 e. The number of nitrogens with zero attached hydrogens (tertiary/aromatic N) is 1. The van der Waals surface area contributed by atoms with E-state index in [1.165, 1.54) is 45.1 Å². The van der Waals surface area contributed by atoms with Gasteiger partial charge in [0.2, 0.25) is 0 Å². The summed E-state index contributed by atoms with van der Waals surface area (Å²) in [4.78, 5) is 14.6. The van der Waals surface area contributed by atoms with Crippen LogP contribution in [0.25, 0.3) is 0 Å². The maximum absolute atomic E-state index is 11.9. The first-order valence-electron chi connectivity index (χ1n) is 7.61. The van der Waals surface area contributed by atoms with Gasteiger partial charge >= 0.3 is 0 Å². The molecular weight excluding hydrogens is 210 g/mol. The Kier molecular flexibility index (Phi) is 3.51. The summed E-state index contributed by atoms with van der Waals surface area (Å²) in [6, 6.07) is 0.832. The van der Waals surface area contributed by atoms with Gasteiger partial charge in [-0.25, -0.2) is 0 Å². The van der Waals surface area contributed by atoms with E-state index in [-0.39, 0.29) is 0 Å². The lowest BCUT2D eigenvalue weighted by molar-refractivity contribution is -0.125. The molecule has 1 saturated heterocycles. The van der Waals surface area contributed by atoms with Gasteiger partial charge in [-0.2, -0.15) is 0 Å². The molecule has 0 spiro atoms. The summed E-state index contributed by atoms with van der Waals surface area (Å²) in [5.41, 5.74) is 0. The average molecular weight is 235 g/mol. The molecule has 3 unspecified atom stereocenters. The highest BCUT2D eigenvalue weighted by Gasteiger charge is 2.36. The van der Waals surface area contributed by atoms with E-state index in [4.69, 9.17) is 0 Å². The van der Waals surface area contributed by atoms with Gasteiger partial charge in [0, 0.05) is 24.9 Å². The van der Waals surface area contributed by atoms with Crippen LogP contribution in [-0.2, 0) is 4.79 Å².